The highest BCUT2D eigenvalue weighted by molar-refractivity contribution is 9.10. The lowest BCUT2D eigenvalue weighted by molar-refractivity contribution is 0.581. The number of hydrogen-bond donors (Lipinski definition) is 1. The number of halogens is 1. The van der Waals surface area contributed by atoms with Crippen molar-refractivity contribution in [1.82, 2.24) is 14.3 Å². The smallest absolute Gasteiger partial charge is 0.211 e. The molecule has 0 aliphatic rings. The van der Waals surface area contributed by atoms with Crippen LogP contribution in [0.1, 0.15) is 12.1 Å². The zero-order valence-corrected chi connectivity index (χ0v) is 12.1. The third-order valence-electron chi connectivity index (χ3n) is 2.21. The number of nitrogens with zero attached hydrogens (tertiary/aromatic N) is 2. The molecule has 1 aromatic rings. The normalized spacial score (nSPS) is 11.6. The minimum atomic E-state index is -3.19. The first kappa shape index (κ1) is 14.4. The van der Waals surface area contributed by atoms with E-state index in [4.69, 9.17) is 0 Å². The van der Waals surface area contributed by atoms with Gasteiger partial charge in [0.2, 0.25) is 10.0 Å². The van der Waals surface area contributed by atoms with Gasteiger partial charge in [-0.25, -0.2) is 18.1 Å². The van der Waals surface area contributed by atoms with E-state index in [0.717, 1.165) is 10.3 Å². The zero-order chi connectivity index (χ0) is 12.9. The average molecular weight is 322 g/mol. The molecule has 17 heavy (non-hydrogen) atoms. The van der Waals surface area contributed by atoms with Gasteiger partial charge in [-0.15, -0.1) is 6.58 Å². The Labute approximate surface area is 110 Å². The summed E-state index contributed by atoms with van der Waals surface area (Å²) in [5.74, 6) is 0.0832. The molecule has 0 saturated carbocycles. The second-order valence-corrected chi connectivity index (χ2v) is 6.31. The summed E-state index contributed by atoms with van der Waals surface area (Å²) in [4.78, 5) is 4.16. The number of imidazole rings is 1. The molecular weight excluding hydrogens is 306 g/mol. The summed E-state index contributed by atoms with van der Waals surface area (Å²) in [5.41, 5.74) is 0.846. The SMILES string of the molecule is C=CCCS(=O)(=O)NCCc1ncn(C)c1Br. The minimum Gasteiger partial charge on any atom is -0.328 e. The van der Waals surface area contributed by atoms with Crippen molar-refractivity contribution in [3.63, 3.8) is 0 Å². The monoisotopic (exact) mass is 321 g/mol. The van der Waals surface area contributed by atoms with Crippen LogP contribution < -0.4 is 4.72 Å². The number of nitrogens with one attached hydrogen (secondary N) is 1. The van der Waals surface area contributed by atoms with Crippen LogP contribution in [0.4, 0.5) is 0 Å². The van der Waals surface area contributed by atoms with Crippen LogP contribution in [0, 0.1) is 0 Å². The van der Waals surface area contributed by atoms with E-state index in [2.05, 4.69) is 32.2 Å². The van der Waals surface area contributed by atoms with Gasteiger partial charge in [-0.05, 0) is 22.4 Å². The van der Waals surface area contributed by atoms with E-state index >= 15 is 0 Å². The van der Waals surface area contributed by atoms with Crippen molar-refractivity contribution < 1.29 is 8.42 Å². The quantitative estimate of drug-likeness (QED) is 0.768. The molecule has 0 unspecified atom stereocenters. The molecule has 0 radical (unpaired) electrons. The van der Waals surface area contributed by atoms with Gasteiger partial charge in [0.15, 0.2) is 0 Å². The van der Waals surface area contributed by atoms with Crippen LogP contribution in [0.3, 0.4) is 0 Å². The lowest BCUT2D eigenvalue weighted by Gasteiger charge is -2.04. The Morgan fingerprint density at radius 2 is 2.35 bits per heavy atom. The van der Waals surface area contributed by atoms with E-state index < -0.39 is 10.0 Å². The highest BCUT2D eigenvalue weighted by Crippen LogP contribution is 2.13. The summed E-state index contributed by atoms with van der Waals surface area (Å²) in [7, 11) is -1.32. The van der Waals surface area contributed by atoms with Crippen LogP contribution in [-0.2, 0) is 23.5 Å². The van der Waals surface area contributed by atoms with Gasteiger partial charge in [0, 0.05) is 20.0 Å². The molecule has 5 nitrogen and oxygen atoms in total. The van der Waals surface area contributed by atoms with Crippen molar-refractivity contribution in [2.24, 2.45) is 7.05 Å². The molecule has 0 aliphatic carbocycles. The Morgan fingerprint density at radius 3 is 2.88 bits per heavy atom. The predicted molar refractivity (Wildman–Crippen MR) is 71.2 cm³/mol. The van der Waals surface area contributed by atoms with E-state index in [9.17, 15) is 8.42 Å². The molecule has 0 atom stereocenters. The molecule has 1 aromatic heterocycles. The molecule has 1 heterocycles. The molecule has 1 rings (SSSR count). The molecule has 0 aliphatic heterocycles. The lowest BCUT2D eigenvalue weighted by Crippen LogP contribution is -2.28. The van der Waals surface area contributed by atoms with Crippen LogP contribution in [0.2, 0.25) is 0 Å². The maximum Gasteiger partial charge on any atom is 0.211 e. The first-order valence-electron chi connectivity index (χ1n) is 5.20. The second kappa shape index (κ2) is 6.32. The van der Waals surface area contributed by atoms with Crippen LogP contribution in [-0.4, -0.2) is 30.3 Å². The Morgan fingerprint density at radius 1 is 1.65 bits per heavy atom. The number of rotatable bonds is 7. The molecular formula is C10H16BrN3O2S. The summed E-state index contributed by atoms with van der Waals surface area (Å²) >= 11 is 3.38. The number of allylic oxidation sites excluding steroid dienone is 1. The fourth-order valence-corrected chi connectivity index (χ4v) is 2.69. The van der Waals surface area contributed by atoms with Gasteiger partial charge in [-0.1, -0.05) is 6.08 Å². The van der Waals surface area contributed by atoms with Gasteiger partial charge < -0.3 is 4.57 Å². The lowest BCUT2D eigenvalue weighted by atomic mass is 10.3. The Balaban J connectivity index is 2.42. The standard InChI is InChI=1S/C10H16BrN3O2S/c1-3-4-7-17(15,16)13-6-5-9-10(11)14(2)8-12-9/h3,8,13H,1,4-7H2,2H3. The molecule has 0 spiro atoms. The summed E-state index contributed by atoms with van der Waals surface area (Å²) in [6.07, 6.45) is 4.30. The van der Waals surface area contributed by atoms with Gasteiger partial charge in [0.05, 0.1) is 17.8 Å². The summed E-state index contributed by atoms with van der Waals surface area (Å²) < 4.78 is 28.2. The fourth-order valence-electron chi connectivity index (χ4n) is 1.27. The Hall–Kier alpha value is -0.660. The van der Waals surface area contributed by atoms with Crippen molar-refractivity contribution in [2.75, 3.05) is 12.3 Å². The van der Waals surface area contributed by atoms with Crippen molar-refractivity contribution in [2.45, 2.75) is 12.8 Å². The van der Waals surface area contributed by atoms with Crippen LogP contribution in [0.5, 0.6) is 0 Å². The van der Waals surface area contributed by atoms with Gasteiger partial charge in [0.1, 0.15) is 4.60 Å². The molecule has 0 fully saturated rings. The fraction of sp³-hybridized carbons (Fsp3) is 0.500. The average Bonchev–Trinajstić information content (AvgIpc) is 2.58. The Bertz CT molecular complexity index is 482. The minimum absolute atomic E-state index is 0.0832. The van der Waals surface area contributed by atoms with Gasteiger partial charge >= 0.3 is 0 Å². The van der Waals surface area contributed by atoms with Crippen molar-refractivity contribution in [3.05, 3.63) is 29.3 Å². The van der Waals surface area contributed by atoms with E-state index in [1.807, 2.05) is 11.6 Å². The van der Waals surface area contributed by atoms with Crippen molar-refractivity contribution in [1.29, 1.82) is 0 Å². The summed E-state index contributed by atoms with van der Waals surface area (Å²) in [5, 5.41) is 0. The van der Waals surface area contributed by atoms with Gasteiger partial charge in [0.25, 0.3) is 0 Å². The second-order valence-electron chi connectivity index (χ2n) is 3.63. The van der Waals surface area contributed by atoms with E-state index in [1.54, 1.807) is 12.4 Å². The number of aromatic nitrogens is 2. The van der Waals surface area contributed by atoms with E-state index in [1.165, 1.54) is 0 Å². The summed E-state index contributed by atoms with van der Waals surface area (Å²) in [6.45, 7) is 3.85. The van der Waals surface area contributed by atoms with E-state index in [0.29, 0.717) is 19.4 Å². The molecule has 1 N–H and O–H groups in total. The third-order valence-corrected chi connectivity index (χ3v) is 4.64. The largest absolute Gasteiger partial charge is 0.328 e. The van der Waals surface area contributed by atoms with Crippen LogP contribution in [0.25, 0.3) is 0 Å². The van der Waals surface area contributed by atoms with Crippen molar-refractivity contribution >= 4 is 26.0 Å². The number of sulfonamides is 1. The predicted octanol–water partition coefficient (Wildman–Crippen LogP) is 1.22. The van der Waals surface area contributed by atoms with Crippen molar-refractivity contribution in [3.8, 4) is 0 Å². The molecule has 0 aromatic carbocycles. The van der Waals surface area contributed by atoms with Crippen LogP contribution in [0.15, 0.2) is 23.6 Å². The van der Waals surface area contributed by atoms with Crippen LogP contribution >= 0.6 is 15.9 Å². The highest BCUT2D eigenvalue weighted by atomic mass is 79.9. The first-order chi connectivity index (χ1) is 7.96. The maximum absolute atomic E-state index is 11.5. The topological polar surface area (TPSA) is 64.0 Å². The summed E-state index contributed by atoms with van der Waals surface area (Å²) in [6, 6.07) is 0. The molecule has 0 saturated heterocycles. The highest BCUT2D eigenvalue weighted by Gasteiger charge is 2.10. The van der Waals surface area contributed by atoms with Gasteiger partial charge in [-0.2, -0.15) is 0 Å². The molecule has 0 bridgehead atoms. The molecule has 7 heteroatoms. The number of aryl methyl sites for hydroxylation is 1. The third kappa shape index (κ3) is 4.61. The zero-order valence-electron chi connectivity index (χ0n) is 9.69. The maximum atomic E-state index is 11.5. The van der Waals surface area contributed by atoms with E-state index in [-0.39, 0.29) is 5.75 Å². The first-order valence-corrected chi connectivity index (χ1v) is 7.64. The number of hydrogen-bond acceptors (Lipinski definition) is 3. The molecule has 96 valence electrons. The Kier molecular flexibility index (Phi) is 5.35. The molecule has 0 amide bonds. The van der Waals surface area contributed by atoms with Gasteiger partial charge in [-0.3, -0.25) is 0 Å².